The highest BCUT2D eigenvalue weighted by atomic mass is 16.5. The molecule has 1 aliphatic heterocycles. The number of rotatable bonds is 6. The molecule has 0 spiro atoms. The van der Waals surface area contributed by atoms with Crippen molar-refractivity contribution in [2.45, 2.75) is 43.7 Å². The van der Waals surface area contributed by atoms with E-state index in [1.807, 2.05) is 0 Å². The molecule has 1 heterocycles. The third kappa shape index (κ3) is 4.06. The fourth-order valence-electron chi connectivity index (χ4n) is 3.67. The minimum absolute atomic E-state index is 0.559. The summed E-state index contributed by atoms with van der Waals surface area (Å²) < 4.78 is 4.90. The summed E-state index contributed by atoms with van der Waals surface area (Å²) in [6.45, 7) is 0.371. The van der Waals surface area contributed by atoms with E-state index < -0.39 is 48.0 Å². The van der Waals surface area contributed by atoms with Crippen LogP contribution in [0.15, 0.2) is 30.3 Å². The largest absolute Gasteiger partial charge is 0.454 e. The first-order valence-corrected chi connectivity index (χ1v) is 9.37. The van der Waals surface area contributed by atoms with Gasteiger partial charge in [0, 0.05) is 0 Å². The Labute approximate surface area is 168 Å². The number of nitrogens with one attached hydrogen (secondary N) is 2. The van der Waals surface area contributed by atoms with Crippen LogP contribution in [0.4, 0.5) is 4.79 Å². The van der Waals surface area contributed by atoms with Crippen LogP contribution < -0.4 is 10.6 Å². The standard InChI is InChI=1S/C20H22N4O5/c1-19(14-7-3-2-4-8-14)17(27)24(18(28)23-19)11-16(26)29-12-15(25)22-20(13-21)9-5-6-10-20/h2-4,7-8H,5-6,9-12H2,1H3,(H,22,25)(H,23,28)/t19-/m1/s1. The molecule has 0 unspecified atom stereocenters. The Balaban J connectivity index is 1.55. The number of esters is 1. The van der Waals surface area contributed by atoms with Crippen molar-refractivity contribution in [3.63, 3.8) is 0 Å². The maximum atomic E-state index is 12.7. The van der Waals surface area contributed by atoms with Gasteiger partial charge in [-0.1, -0.05) is 30.3 Å². The van der Waals surface area contributed by atoms with Crippen molar-refractivity contribution in [2.24, 2.45) is 0 Å². The smallest absolute Gasteiger partial charge is 0.326 e. The van der Waals surface area contributed by atoms with E-state index in [0.29, 0.717) is 18.4 Å². The van der Waals surface area contributed by atoms with E-state index >= 15 is 0 Å². The maximum absolute atomic E-state index is 12.7. The fraction of sp³-hybridized carbons (Fsp3) is 0.450. The molecular weight excluding hydrogens is 376 g/mol. The van der Waals surface area contributed by atoms with E-state index in [9.17, 15) is 24.4 Å². The summed E-state index contributed by atoms with van der Waals surface area (Å²) in [4.78, 5) is 49.8. The number of nitrogens with zero attached hydrogens (tertiary/aromatic N) is 2. The third-order valence-electron chi connectivity index (χ3n) is 5.33. The number of urea groups is 1. The molecule has 2 fully saturated rings. The van der Waals surface area contributed by atoms with Gasteiger partial charge >= 0.3 is 12.0 Å². The van der Waals surface area contributed by atoms with Crippen LogP contribution in [0.3, 0.4) is 0 Å². The predicted molar refractivity (Wildman–Crippen MR) is 100.0 cm³/mol. The van der Waals surface area contributed by atoms with Gasteiger partial charge in [-0.05, 0) is 38.2 Å². The van der Waals surface area contributed by atoms with Crippen LogP contribution in [-0.2, 0) is 24.7 Å². The number of hydrogen-bond donors (Lipinski definition) is 2. The number of hydrogen-bond acceptors (Lipinski definition) is 6. The number of carbonyl (C=O) groups excluding carboxylic acids is 4. The van der Waals surface area contributed by atoms with Gasteiger partial charge in [0.25, 0.3) is 11.8 Å². The van der Waals surface area contributed by atoms with Crippen LogP contribution in [0.25, 0.3) is 0 Å². The average Bonchev–Trinajstić information content (AvgIpc) is 3.26. The second-order valence-corrected chi connectivity index (χ2v) is 7.42. The molecule has 1 saturated carbocycles. The molecule has 1 aromatic carbocycles. The summed E-state index contributed by atoms with van der Waals surface area (Å²) in [6, 6.07) is 10.1. The van der Waals surface area contributed by atoms with Gasteiger partial charge in [0.05, 0.1) is 6.07 Å². The molecule has 4 amide bonds. The fourth-order valence-corrected chi connectivity index (χ4v) is 3.67. The summed E-state index contributed by atoms with van der Waals surface area (Å²) in [7, 11) is 0. The molecule has 0 radical (unpaired) electrons. The summed E-state index contributed by atoms with van der Waals surface area (Å²) in [6.07, 6.45) is 2.81. The lowest BCUT2D eigenvalue weighted by molar-refractivity contribution is -0.151. The van der Waals surface area contributed by atoms with Crippen LogP contribution in [0.2, 0.25) is 0 Å². The van der Waals surface area contributed by atoms with Gasteiger partial charge in [-0.25, -0.2) is 4.79 Å². The zero-order chi connectivity index (χ0) is 21.1. The lowest BCUT2D eigenvalue weighted by Gasteiger charge is -2.22. The highest BCUT2D eigenvalue weighted by molar-refractivity contribution is 6.08. The van der Waals surface area contributed by atoms with Gasteiger partial charge in [-0.3, -0.25) is 19.3 Å². The van der Waals surface area contributed by atoms with Crippen LogP contribution >= 0.6 is 0 Å². The molecule has 9 heteroatoms. The van der Waals surface area contributed by atoms with Crippen molar-refractivity contribution in [1.29, 1.82) is 5.26 Å². The summed E-state index contributed by atoms with van der Waals surface area (Å²) in [5, 5.41) is 14.5. The van der Waals surface area contributed by atoms with Crippen molar-refractivity contribution in [1.82, 2.24) is 15.5 Å². The second kappa shape index (κ2) is 7.91. The minimum Gasteiger partial charge on any atom is -0.454 e. The minimum atomic E-state index is -1.28. The predicted octanol–water partition coefficient (Wildman–Crippen LogP) is 0.949. The Hall–Kier alpha value is -3.41. The highest BCUT2D eigenvalue weighted by Crippen LogP contribution is 2.29. The molecule has 0 aromatic heterocycles. The van der Waals surface area contributed by atoms with Gasteiger partial charge in [-0.15, -0.1) is 0 Å². The molecule has 3 rings (SSSR count). The first-order valence-electron chi connectivity index (χ1n) is 9.37. The van der Waals surface area contributed by atoms with Crippen molar-refractivity contribution in [2.75, 3.05) is 13.2 Å². The van der Waals surface area contributed by atoms with Gasteiger partial charge in [-0.2, -0.15) is 5.26 Å². The van der Waals surface area contributed by atoms with E-state index in [1.54, 1.807) is 37.3 Å². The lowest BCUT2D eigenvalue weighted by atomic mass is 9.92. The van der Waals surface area contributed by atoms with E-state index in [1.165, 1.54) is 0 Å². The Morgan fingerprint density at radius 3 is 2.52 bits per heavy atom. The van der Waals surface area contributed by atoms with Gasteiger partial charge in [0.1, 0.15) is 17.6 Å². The van der Waals surface area contributed by atoms with Crippen molar-refractivity contribution >= 4 is 23.8 Å². The zero-order valence-electron chi connectivity index (χ0n) is 16.1. The SMILES string of the molecule is C[C@]1(c2ccccc2)NC(=O)N(CC(=O)OCC(=O)NC2(C#N)CCCC2)C1=O. The molecule has 1 saturated heterocycles. The molecule has 9 nitrogen and oxygen atoms in total. The van der Waals surface area contributed by atoms with Gasteiger partial charge in [0.15, 0.2) is 6.61 Å². The molecule has 1 aromatic rings. The molecule has 1 atom stereocenters. The topological polar surface area (TPSA) is 129 Å². The Kier molecular flexibility index (Phi) is 5.55. The molecule has 2 N–H and O–H groups in total. The van der Waals surface area contributed by atoms with Crippen molar-refractivity contribution in [3.05, 3.63) is 35.9 Å². The first-order chi connectivity index (χ1) is 13.8. The van der Waals surface area contributed by atoms with Gasteiger partial charge in [0.2, 0.25) is 0 Å². The van der Waals surface area contributed by atoms with Crippen molar-refractivity contribution < 1.29 is 23.9 Å². The van der Waals surface area contributed by atoms with Crippen molar-refractivity contribution in [3.8, 4) is 6.07 Å². The average molecular weight is 398 g/mol. The molecule has 29 heavy (non-hydrogen) atoms. The van der Waals surface area contributed by atoms with Crippen LogP contribution in [0, 0.1) is 11.3 Å². The maximum Gasteiger partial charge on any atom is 0.326 e. The first kappa shape index (κ1) is 20.3. The monoisotopic (exact) mass is 398 g/mol. The van der Waals surface area contributed by atoms with E-state index in [2.05, 4.69) is 16.7 Å². The number of imide groups is 1. The van der Waals surface area contributed by atoms with Gasteiger partial charge < -0.3 is 15.4 Å². The van der Waals surface area contributed by atoms with Crippen LogP contribution in [0.1, 0.15) is 38.2 Å². The summed E-state index contributed by atoms with van der Waals surface area (Å²) in [5.41, 5.74) is -1.60. The molecule has 2 aliphatic rings. The number of carbonyl (C=O) groups is 4. The lowest BCUT2D eigenvalue weighted by Crippen LogP contribution is -2.47. The van der Waals surface area contributed by atoms with E-state index in [-0.39, 0.29) is 0 Å². The molecule has 152 valence electrons. The summed E-state index contributed by atoms with van der Waals surface area (Å²) in [5.74, 6) is -2.06. The Morgan fingerprint density at radius 2 is 1.90 bits per heavy atom. The second-order valence-electron chi connectivity index (χ2n) is 7.42. The molecular formula is C20H22N4O5. The van der Waals surface area contributed by atoms with Crippen LogP contribution in [0.5, 0.6) is 0 Å². The molecule has 1 aliphatic carbocycles. The highest BCUT2D eigenvalue weighted by Gasteiger charge is 2.49. The third-order valence-corrected chi connectivity index (χ3v) is 5.33. The number of ether oxygens (including phenoxy) is 1. The Morgan fingerprint density at radius 1 is 1.24 bits per heavy atom. The van der Waals surface area contributed by atoms with E-state index in [4.69, 9.17) is 4.74 Å². The Bertz CT molecular complexity index is 873. The van der Waals surface area contributed by atoms with Crippen LogP contribution in [-0.4, -0.2) is 47.4 Å². The number of amides is 4. The normalized spacial score (nSPS) is 22.7. The molecule has 0 bridgehead atoms. The number of benzene rings is 1. The quantitative estimate of drug-likeness (QED) is 0.542. The van der Waals surface area contributed by atoms with E-state index in [0.717, 1.165) is 17.7 Å². The zero-order valence-corrected chi connectivity index (χ0v) is 16.1. The number of nitriles is 1. The summed E-state index contributed by atoms with van der Waals surface area (Å²) >= 11 is 0.